The molecule has 1 saturated heterocycles. The second-order valence-electron chi connectivity index (χ2n) is 4.94. The summed E-state index contributed by atoms with van der Waals surface area (Å²) in [6.45, 7) is 0.194. The molecule has 0 aromatic heterocycles. The van der Waals surface area contributed by atoms with Crippen LogP contribution in [0.15, 0.2) is 18.2 Å². The number of nitrogens with zero attached hydrogens (tertiary/aromatic N) is 1. The molecule has 0 spiro atoms. The average molecular weight is 295 g/mol. The number of methoxy groups -OCH3 is 1. The summed E-state index contributed by atoms with van der Waals surface area (Å²) >= 11 is 0. The van der Waals surface area contributed by atoms with Crippen molar-refractivity contribution in [3.8, 4) is 5.75 Å². The van der Waals surface area contributed by atoms with Gasteiger partial charge in [-0.25, -0.2) is 9.59 Å². The second-order valence-corrected chi connectivity index (χ2v) is 4.94. The number of carbonyl (C=O) groups is 2. The number of aromatic hydroxyl groups is 1. The molecule has 7 heteroatoms. The highest BCUT2D eigenvalue weighted by Crippen LogP contribution is 2.36. The summed E-state index contributed by atoms with van der Waals surface area (Å²) in [5.74, 6) is -0.779. The van der Waals surface area contributed by atoms with Gasteiger partial charge in [0.2, 0.25) is 0 Å². The number of esters is 1. The van der Waals surface area contributed by atoms with Gasteiger partial charge < -0.3 is 25.0 Å². The van der Waals surface area contributed by atoms with Crippen LogP contribution >= 0.6 is 0 Å². The van der Waals surface area contributed by atoms with Crippen LogP contribution in [0.4, 0.5) is 4.79 Å². The van der Waals surface area contributed by atoms with E-state index < -0.39 is 24.2 Å². The minimum absolute atomic E-state index is 0.178. The van der Waals surface area contributed by atoms with E-state index in [0.29, 0.717) is 12.0 Å². The van der Waals surface area contributed by atoms with Gasteiger partial charge in [0, 0.05) is 12.1 Å². The van der Waals surface area contributed by atoms with Crippen LogP contribution in [0.3, 0.4) is 0 Å². The molecule has 21 heavy (non-hydrogen) atoms. The van der Waals surface area contributed by atoms with Crippen LogP contribution in [0.5, 0.6) is 5.75 Å². The number of amides is 1. The number of hydrogen-bond acceptors (Lipinski definition) is 5. The number of hydrogen-bond donors (Lipinski definition) is 3. The number of ether oxygens (including phenoxy) is 1. The fraction of sp³-hybridized carbons (Fsp3) is 0.429. The van der Waals surface area contributed by atoms with Crippen molar-refractivity contribution in [2.75, 3.05) is 13.7 Å². The summed E-state index contributed by atoms with van der Waals surface area (Å²) in [7, 11) is 1.23. The molecule has 0 saturated carbocycles. The van der Waals surface area contributed by atoms with Crippen LogP contribution in [0.1, 0.15) is 34.8 Å². The minimum atomic E-state index is -1.11. The van der Waals surface area contributed by atoms with Gasteiger partial charge in [0.1, 0.15) is 5.75 Å². The Labute approximate surface area is 121 Å². The quantitative estimate of drug-likeness (QED) is 0.711. The number of carboxylic acid groups (broad SMARTS) is 1. The molecule has 7 nitrogen and oxygen atoms in total. The van der Waals surface area contributed by atoms with E-state index in [0.717, 1.165) is 0 Å². The van der Waals surface area contributed by atoms with Crippen molar-refractivity contribution in [1.29, 1.82) is 0 Å². The molecule has 2 rings (SSSR count). The minimum Gasteiger partial charge on any atom is -0.508 e. The third-order valence-electron chi connectivity index (χ3n) is 3.63. The zero-order valence-corrected chi connectivity index (χ0v) is 11.5. The zero-order valence-electron chi connectivity index (χ0n) is 11.5. The van der Waals surface area contributed by atoms with E-state index in [1.807, 2.05) is 0 Å². The maximum absolute atomic E-state index is 11.4. The van der Waals surface area contributed by atoms with Gasteiger partial charge in [-0.15, -0.1) is 0 Å². The highest BCUT2D eigenvalue weighted by atomic mass is 16.5. The largest absolute Gasteiger partial charge is 0.508 e. The van der Waals surface area contributed by atoms with Gasteiger partial charge >= 0.3 is 12.1 Å². The molecule has 2 atom stereocenters. The molecule has 1 aromatic carbocycles. The van der Waals surface area contributed by atoms with Gasteiger partial charge in [-0.3, -0.25) is 0 Å². The van der Waals surface area contributed by atoms with E-state index >= 15 is 0 Å². The van der Waals surface area contributed by atoms with Crippen LogP contribution in [-0.2, 0) is 4.74 Å². The molecular weight excluding hydrogens is 278 g/mol. The molecule has 1 heterocycles. The lowest BCUT2D eigenvalue weighted by molar-refractivity contribution is 0.0416. The van der Waals surface area contributed by atoms with Crippen LogP contribution in [0.2, 0.25) is 0 Å². The van der Waals surface area contributed by atoms with Gasteiger partial charge in [0.15, 0.2) is 0 Å². The molecule has 0 aliphatic carbocycles. The Hall–Kier alpha value is -2.28. The van der Waals surface area contributed by atoms with Crippen LogP contribution in [0.25, 0.3) is 0 Å². The van der Waals surface area contributed by atoms with Crippen molar-refractivity contribution in [1.82, 2.24) is 4.90 Å². The third kappa shape index (κ3) is 3.08. The summed E-state index contributed by atoms with van der Waals surface area (Å²) in [6.07, 6.45) is -1.16. The smallest absolute Gasteiger partial charge is 0.407 e. The first-order valence-corrected chi connectivity index (χ1v) is 6.53. The van der Waals surface area contributed by atoms with E-state index in [1.54, 1.807) is 0 Å². The number of benzene rings is 1. The number of carbonyl (C=O) groups excluding carboxylic acids is 1. The van der Waals surface area contributed by atoms with Crippen molar-refractivity contribution >= 4 is 12.1 Å². The Kier molecular flexibility index (Phi) is 4.32. The predicted molar refractivity (Wildman–Crippen MR) is 72.2 cm³/mol. The fourth-order valence-electron chi connectivity index (χ4n) is 2.54. The summed E-state index contributed by atoms with van der Waals surface area (Å²) in [4.78, 5) is 23.8. The molecule has 1 aliphatic heterocycles. The van der Waals surface area contributed by atoms with Gasteiger partial charge in [0.05, 0.1) is 24.8 Å². The van der Waals surface area contributed by atoms with Crippen LogP contribution in [-0.4, -0.2) is 52.0 Å². The molecule has 1 amide bonds. The highest BCUT2D eigenvalue weighted by molar-refractivity contribution is 5.89. The maximum atomic E-state index is 11.4. The first-order valence-electron chi connectivity index (χ1n) is 6.53. The van der Waals surface area contributed by atoms with E-state index in [9.17, 15) is 24.9 Å². The molecular formula is C14H17NO6. The van der Waals surface area contributed by atoms with Crippen LogP contribution in [0, 0.1) is 0 Å². The van der Waals surface area contributed by atoms with Gasteiger partial charge in [-0.05, 0) is 25.0 Å². The van der Waals surface area contributed by atoms with E-state index in [1.165, 1.54) is 30.2 Å². The Morgan fingerprint density at radius 2 is 2.10 bits per heavy atom. The lowest BCUT2D eigenvalue weighted by Gasteiger charge is -2.36. The number of aliphatic hydroxyl groups excluding tert-OH is 1. The van der Waals surface area contributed by atoms with Crippen molar-refractivity contribution in [3.05, 3.63) is 29.3 Å². The van der Waals surface area contributed by atoms with E-state index in [-0.39, 0.29) is 24.3 Å². The third-order valence-corrected chi connectivity index (χ3v) is 3.63. The molecule has 1 aromatic rings. The predicted octanol–water partition coefficient (Wildman–Crippen LogP) is 1.35. The molecule has 3 N–H and O–H groups in total. The van der Waals surface area contributed by atoms with Crippen molar-refractivity contribution in [2.24, 2.45) is 0 Å². The highest BCUT2D eigenvalue weighted by Gasteiger charge is 2.33. The van der Waals surface area contributed by atoms with Gasteiger partial charge in [-0.2, -0.15) is 0 Å². The van der Waals surface area contributed by atoms with Gasteiger partial charge in [-0.1, -0.05) is 6.07 Å². The Morgan fingerprint density at radius 1 is 1.38 bits per heavy atom. The number of phenolic OH excluding ortho intramolecular Hbond substituents is 1. The summed E-state index contributed by atoms with van der Waals surface area (Å²) in [6, 6.07) is 3.54. The SMILES string of the molecule is COC(=O)c1ccc([C@@H]2CC(O)CCN2C(=O)O)c(O)c1. The Bertz CT molecular complexity index is 558. The van der Waals surface area contributed by atoms with Gasteiger partial charge in [0.25, 0.3) is 0 Å². The lowest BCUT2D eigenvalue weighted by Crippen LogP contribution is -2.41. The lowest BCUT2D eigenvalue weighted by atomic mass is 9.92. The number of likely N-dealkylation sites (tertiary alicyclic amines) is 1. The molecule has 114 valence electrons. The Balaban J connectivity index is 2.34. The summed E-state index contributed by atoms with van der Waals surface area (Å²) < 4.78 is 4.56. The number of aliphatic hydroxyl groups is 1. The first kappa shape index (κ1) is 15.1. The second kappa shape index (κ2) is 6.01. The first-order chi connectivity index (χ1) is 9.93. The van der Waals surface area contributed by atoms with Crippen LogP contribution < -0.4 is 0 Å². The topological polar surface area (TPSA) is 107 Å². The maximum Gasteiger partial charge on any atom is 0.407 e. The van der Waals surface area contributed by atoms with E-state index in [2.05, 4.69) is 4.74 Å². The molecule has 0 bridgehead atoms. The normalized spacial score (nSPS) is 21.9. The number of piperidine rings is 1. The molecule has 1 aliphatic rings. The zero-order chi connectivity index (χ0) is 15.6. The number of rotatable bonds is 2. The molecule has 1 fully saturated rings. The van der Waals surface area contributed by atoms with Crippen molar-refractivity contribution in [2.45, 2.75) is 25.0 Å². The standard InChI is InChI=1S/C14H17NO6/c1-21-13(18)8-2-3-10(12(17)6-8)11-7-9(16)4-5-15(11)14(19)20/h2-3,6,9,11,16-17H,4-5,7H2,1H3,(H,19,20)/t9?,11-/m0/s1. The van der Waals surface area contributed by atoms with Crippen molar-refractivity contribution < 1.29 is 29.6 Å². The monoisotopic (exact) mass is 295 g/mol. The Morgan fingerprint density at radius 3 is 2.67 bits per heavy atom. The molecule has 0 radical (unpaired) electrons. The van der Waals surface area contributed by atoms with Crippen molar-refractivity contribution in [3.63, 3.8) is 0 Å². The number of phenols is 1. The average Bonchev–Trinajstić information content (AvgIpc) is 2.45. The summed E-state index contributed by atoms with van der Waals surface area (Å²) in [5, 5.41) is 29.0. The summed E-state index contributed by atoms with van der Waals surface area (Å²) in [5.41, 5.74) is 0.542. The van der Waals surface area contributed by atoms with E-state index in [4.69, 9.17) is 0 Å². The molecule has 1 unspecified atom stereocenters. The fourth-order valence-corrected chi connectivity index (χ4v) is 2.54.